The second-order valence-corrected chi connectivity index (χ2v) is 5.30. The molecule has 0 radical (unpaired) electrons. The van der Waals surface area contributed by atoms with E-state index in [0.29, 0.717) is 5.92 Å². The molecule has 1 aliphatic rings. The van der Waals surface area contributed by atoms with Gasteiger partial charge in [0.15, 0.2) is 0 Å². The first-order chi connectivity index (χ1) is 7.47. The first-order valence-corrected chi connectivity index (χ1v) is 6.10. The van der Waals surface area contributed by atoms with Crippen LogP contribution in [-0.4, -0.2) is 48.2 Å². The lowest BCUT2D eigenvalue weighted by Gasteiger charge is -2.41. The summed E-state index contributed by atoms with van der Waals surface area (Å²) in [6.07, 6.45) is 2.10. The molecule has 0 aromatic rings. The Kier molecular flexibility index (Phi) is 4.74. The number of nitrogens with zero attached hydrogens (tertiary/aromatic N) is 1. The summed E-state index contributed by atoms with van der Waals surface area (Å²) < 4.78 is 0. The summed E-state index contributed by atoms with van der Waals surface area (Å²) in [4.78, 5) is 13.3. The summed E-state index contributed by atoms with van der Waals surface area (Å²) in [6, 6.07) is 0. The topological polar surface area (TPSA) is 52.6 Å². The normalized spacial score (nSPS) is 21.2. The minimum absolute atomic E-state index is 0.181. The van der Waals surface area contributed by atoms with Crippen LogP contribution in [-0.2, 0) is 4.79 Å². The van der Waals surface area contributed by atoms with Crippen LogP contribution in [0.5, 0.6) is 0 Å². The smallest absolute Gasteiger partial charge is 0.305 e. The SMILES string of the molecule is CNC1(CC(=O)O)CCN(CC(C)C)CC1. The van der Waals surface area contributed by atoms with Gasteiger partial charge in [-0.05, 0) is 38.9 Å². The Morgan fingerprint density at radius 3 is 2.38 bits per heavy atom. The third-order valence-electron chi connectivity index (χ3n) is 3.46. The van der Waals surface area contributed by atoms with Crippen molar-refractivity contribution in [2.45, 2.75) is 38.6 Å². The molecule has 0 bridgehead atoms. The van der Waals surface area contributed by atoms with Gasteiger partial charge in [-0.1, -0.05) is 13.8 Å². The Hall–Kier alpha value is -0.610. The summed E-state index contributed by atoms with van der Waals surface area (Å²) in [6.45, 7) is 7.57. The highest BCUT2D eigenvalue weighted by molar-refractivity contribution is 5.68. The first-order valence-electron chi connectivity index (χ1n) is 6.10. The van der Waals surface area contributed by atoms with Crippen LogP contribution in [0.3, 0.4) is 0 Å². The molecule has 4 heteroatoms. The zero-order valence-electron chi connectivity index (χ0n) is 10.6. The molecule has 94 valence electrons. The lowest BCUT2D eigenvalue weighted by atomic mass is 9.84. The average Bonchev–Trinajstić information content (AvgIpc) is 2.20. The number of rotatable bonds is 5. The van der Waals surface area contributed by atoms with Crippen molar-refractivity contribution in [2.24, 2.45) is 5.92 Å². The molecule has 0 aliphatic carbocycles. The maximum Gasteiger partial charge on any atom is 0.305 e. The number of piperidine rings is 1. The van der Waals surface area contributed by atoms with E-state index in [2.05, 4.69) is 24.1 Å². The number of nitrogens with one attached hydrogen (secondary N) is 1. The van der Waals surface area contributed by atoms with Gasteiger partial charge in [-0.2, -0.15) is 0 Å². The number of likely N-dealkylation sites (tertiary alicyclic amines) is 1. The first kappa shape index (κ1) is 13.5. The Morgan fingerprint density at radius 1 is 1.44 bits per heavy atom. The van der Waals surface area contributed by atoms with E-state index in [1.165, 1.54) is 0 Å². The minimum atomic E-state index is -0.702. The lowest BCUT2D eigenvalue weighted by molar-refractivity contribution is -0.139. The van der Waals surface area contributed by atoms with E-state index in [4.69, 9.17) is 5.11 Å². The third-order valence-corrected chi connectivity index (χ3v) is 3.46. The van der Waals surface area contributed by atoms with Crippen LogP contribution in [0.25, 0.3) is 0 Å². The molecule has 1 fully saturated rings. The fourth-order valence-corrected chi connectivity index (χ4v) is 2.48. The van der Waals surface area contributed by atoms with Crippen molar-refractivity contribution >= 4 is 5.97 Å². The van der Waals surface area contributed by atoms with Crippen molar-refractivity contribution in [3.8, 4) is 0 Å². The van der Waals surface area contributed by atoms with E-state index in [9.17, 15) is 4.79 Å². The van der Waals surface area contributed by atoms with Gasteiger partial charge >= 0.3 is 5.97 Å². The maximum absolute atomic E-state index is 10.8. The van der Waals surface area contributed by atoms with Gasteiger partial charge in [-0.3, -0.25) is 4.79 Å². The second-order valence-electron chi connectivity index (χ2n) is 5.30. The fourth-order valence-electron chi connectivity index (χ4n) is 2.48. The number of hydrogen-bond donors (Lipinski definition) is 2. The summed E-state index contributed by atoms with van der Waals surface area (Å²) in [5, 5.41) is 12.1. The number of carboxylic acids is 1. The van der Waals surface area contributed by atoms with Crippen LogP contribution in [0.2, 0.25) is 0 Å². The van der Waals surface area contributed by atoms with Crippen LogP contribution >= 0.6 is 0 Å². The average molecular weight is 228 g/mol. The second kappa shape index (κ2) is 5.64. The maximum atomic E-state index is 10.8. The molecule has 1 saturated heterocycles. The highest BCUT2D eigenvalue weighted by Gasteiger charge is 2.35. The molecule has 4 nitrogen and oxygen atoms in total. The predicted octanol–water partition coefficient (Wildman–Crippen LogP) is 1.17. The van der Waals surface area contributed by atoms with Crippen LogP contribution in [0.1, 0.15) is 33.1 Å². The predicted molar refractivity (Wildman–Crippen MR) is 64.6 cm³/mol. The molecule has 0 aromatic carbocycles. The standard InChI is InChI=1S/C12H24N2O2/c1-10(2)9-14-6-4-12(13-3,5-7-14)8-11(15)16/h10,13H,4-9H2,1-3H3,(H,15,16). The highest BCUT2D eigenvalue weighted by atomic mass is 16.4. The molecule has 1 rings (SSSR count). The van der Waals surface area contributed by atoms with Gasteiger partial charge in [0.2, 0.25) is 0 Å². The van der Waals surface area contributed by atoms with Crippen molar-refractivity contribution in [1.82, 2.24) is 10.2 Å². The summed E-state index contributed by atoms with van der Waals surface area (Å²) in [5.74, 6) is -0.0202. The van der Waals surface area contributed by atoms with E-state index in [0.717, 1.165) is 32.5 Å². The molecule has 0 amide bonds. The number of carboxylic acid groups (broad SMARTS) is 1. The van der Waals surface area contributed by atoms with Crippen molar-refractivity contribution in [1.29, 1.82) is 0 Å². The largest absolute Gasteiger partial charge is 0.481 e. The molecule has 16 heavy (non-hydrogen) atoms. The summed E-state index contributed by atoms with van der Waals surface area (Å²) in [7, 11) is 1.88. The van der Waals surface area contributed by atoms with E-state index in [1.54, 1.807) is 0 Å². The van der Waals surface area contributed by atoms with E-state index in [1.807, 2.05) is 7.05 Å². The van der Waals surface area contributed by atoms with Crippen molar-refractivity contribution in [3.63, 3.8) is 0 Å². The number of aliphatic carboxylic acids is 1. The van der Waals surface area contributed by atoms with Crippen molar-refractivity contribution in [3.05, 3.63) is 0 Å². The number of carbonyl (C=O) groups is 1. The Bertz CT molecular complexity index is 233. The molecule has 1 heterocycles. The van der Waals surface area contributed by atoms with Crippen molar-refractivity contribution in [2.75, 3.05) is 26.7 Å². The third kappa shape index (κ3) is 3.76. The zero-order chi connectivity index (χ0) is 12.2. The van der Waals surface area contributed by atoms with Gasteiger partial charge < -0.3 is 15.3 Å². The van der Waals surface area contributed by atoms with E-state index >= 15 is 0 Å². The van der Waals surface area contributed by atoms with Crippen LogP contribution in [0.15, 0.2) is 0 Å². The molecule has 0 aromatic heterocycles. The minimum Gasteiger partial charge on any atom is -0.481 e. The molecule has 0 spiro atoms. The van der Waals surface area contributed by atoms with Gasteiger partial charge in [0.25, 0.3) is 0 Å². The molecule has 2 N–H and O–H groups in total. The molecular formula is C12H24N2O2. The van der Waals surface area contributed by atoms with Crippen LogP contribution < -0.4 is 5.32 Å². The van der Waals surface area contributed by atoms with E-state index in [-0.39, 0.29) is 12.0 Å². The van der Waals surface area contributed by atoms with Gasteiger partial charge in [0.05, 0.1) is 6.42 Å². The highest BCUT2D eigenvalue weighted by Crippen LogP contribution is 2.25. The van der Waals surface area contributed by atoms with Gasteiger partial charge in [-0.15, -0.1) is 0 Å². The van der Waals surface area contributed by atoms with Crippen LogP contribution in [0, 0.1) is 5.92 Å². The van der Waals surface area contributed by atoms with Crippen LogP contribution in [0.4, 0.5) is 0 Å². The fraction of sp³-hybridized carbons (Fsp3) is 0.917. The molecule has 1 aliphatic heterocycles. The lowest BCUT2D eigenvalue weighted by Crippen LogP contribution is -2.53. The van der Waals surface area contributed by atoms with Gasteiger partial charge in [0, 0.05) is 12.1 Å². The zero-order valence-corrected chi connectivity index (χ0v) is 10.6. The quantitative estimate of drug-likeness (QED) is 0.741. The Labute approximate surface area is 98.0 Å². The van der Waals surface area contributed by atoms with Gasteiger partial charge in [0.1, 0.15) is 0 Å². The van der Waals surface area contributed by atoms with Crippen molar-refractivity contribution < 1.29 is 9.90 Å². The Balaban J connectivity index is 2.47. The number of hydrogen-bond acceptors (Lipinski definition) is 3. The monoisotopic (exact) mass is 228 g/mol. The van der Waals surface area contributed by atoms with Gasteiger partial charge in [-0.25, -0.2) is 0 Å². The van der Waals surface area contributed by atoms with E-state index < -0.39 is 5.97 Å². The summed E-state index contributed by atoms with van der Waals surface area (Å²) >= 11 is 0. The molecule has 0 saturated carbocycles. The molecular weight excluding hydrogens is 204 g/mol. The molecule has 0 atom stereocenters. The Morgan fingerprint density at radius 2 is 2.00 bits per heavy atom. The molecule has 0 unspecified atom stereocenters. The summed E-state index contributed by atoms with van der Waals surface area (Å²) in [5.41, 5.74) is -0.181.